The van der Waals surface area contributed by atoms with Crippen LogP contribution in [-0.4, -0.2) is 4.57 Å². The van der Waals surface area contributed by atoms with Crippen molar-refractivity contribution in [2.75, 3.05) is 4.90 Å². The van der Waals surface area contributed by atoms with Gasteiger partial charge in [-0.25, -0.2) is 0 Å². The molecule has 12 aromatic rings. The summed E-state index contributed by atoms with van der Waals surface area (Å²) in [5, 5.41) is 10.0. The van der Waals surface area contributed by atoms with Crippen LogP contribution in [0.1, 0.15) is 0 Å². The summed E-state index contributed by atoms with van der Waals surface area (Å²) in [7, 11) is 0. The van der Waals surface area contributed by atoms with Gasteiger partial charge in [0.1, 0.15) is 0 Å². The van der Waals surface area contributed by atoms with E-state index in [-0.39, 0.29) is 0 Å². The molecule has 0 amide bonds. The van der Waals surface area contributed by atoms with E-state index < -0.39 is 0 Å². The van der Waals surface area contributed by atoms with Crippen LogP contribution in [0.15, 0.2) is 218 Å². The second-order valence-electron chi connectivity index (χ2n) is 15.3. The van der Waals surface area contributed by atoms with E-state index in [0.29, 0.717) is 0 Å². The molecule has 2 aromatic heterocycles. The lowest BCUT2D eigenvalue weighted by atomic mass is 9.97. The van der Waals surface area contributed by atoms with Crippen molar-refractivity contribution in [3.05, 3.63) is 218 Å². The smallest absolute Gasteiger partial charge is 0.0646 e. The van der Waals surface area contributed by atoms with Gasteiger partial charge in [-0.15, -0.1) is 11.3 Å². The van der Waals surface area contributed by atoms with E-state index in [4.69, 9.17) is 0 Å². The zero-order chi connectivity index (χ0) is 38.9. The van der Waals surface area contributed by atoms with Gasteiger partial charge in [0.15, 0.2) is 0 Å². The van der Waals surface area contributed by atoms with Gasteiger partial charge < -0.3 is 9.47 Å². The Kier molecular flexibility index (Phi) is 7.75. The van der Waals surface area contributed by atoms with Crippen molar-refractivity contribution in [3.63, 3.8) is 0 Å². The number of rotatable bonds is 6. The largest absolute Gasteiger partial charge is 0.309 e. The van der Waals surface area contributed by atoms with Crippen LogP contribution in [0.25, 0.3) is 91.5 Å². The molecule has 2 nitrogen and oxygen atoms in total. The average Bonchev–Trinajstić information content (AvgIpc) is 3.85. The molecule has 2 heterocycles. The van der Waals surface area contributed by atoms with Gasteiger partial charge >= 0.3 is 0 Å². The first-order valence-corrected chi connectivity index (χ1v) is 21.0. The minimum atomic E-state index is 1.12. The van der Waals surface area contributed by atoms with Crippen molar-refractivity contribution in [3.8, 4) is 27.9 Å². The maximum atomic E-state index is 2.44. The number of benzene rings is 10. The second-order valence-corrected chi connectivity index (χ2v) is 16.3. The van der Waals surface area contributed by atoms with E-state index in [1.807, 2.05) is 11.3 Å². The fourth-order valence-corrected chi connectivity index (χ4v) is 10.4. The number of fused-ring (bicyclic) bond motifs is 8. The Morgan fingerprint density at radius 2 is 0.949 bits per heavy atom. The molecule has 0 saturated carbocycles. The van der Waals surface area contributed by atoms with Gasteiger partial charge in [-0.2, -0.15) is 0 Å². The number of anilines is 3. The molecule has 0 spiro atoms. The summed E-state index contributed by atoms with van der Waals surface area (Å²) in [6.45, 7) is 0. The number of thiophene rings is 1. The van der Waals surface area contributed by atoms with E-state index in [0.717, 1.165) is 11.4 Å². The summed E-state index contributed by atoms with van der Waals surface area (Å²) in [5.41, 5.74) is 11.8. The SMILES string of the molecule is c1ccc(N(c2ccc(-c3cccc4ccccc34)cc2)c2cc(-c3ccc4c(c3)c3ccccc3n4-c3cccc4ccccc34)cc3c2sc2ccccc23)cc1. The number of nitrogens with zero attached hydrogens (tertiary/aromatic N) is 2. The molecule has 0 saturated heterocycles. The Balaban J connectivity index is 1.07. The van der Waals surface area contributed by atoms with Crippen LogP contribution in [0.4, 0.5) is 17.1 Å². The zero-order valence-corrected chi connectivity index (χ0v) is 32.9. The van der Waals surface area contributed by atoms with Gasteiger partial charge in [-0.1, -0.05) is 152 Å². The Hall–Kier alpha value is -7.46. The summed E-state index contributed by atoms with van der Waals surface area (Å²) in [5.74, 6) is 0. The van der Waals surface area contributed by atoms with Crippen LogP contribution >= 0.6 is 11.3 Å². The highest BCUT2D eigenvalue weighted by atomic mass is 32.1. The van der Waals surface area contributed by atoms with Gasteiger partial charge in [0.25, 0.3) is 0 Å². The molecule has 0 aliphatic rings. The predicted molar refractivity (Wildman–Crippen MR) is 254 cm³/mol. The first kappa shape index (κ1) is 33.7. The first-order chi connectivity index (χ1) is 29.3. The molecule has 59 heavy (non-hydrogen) atoms. The van der Waals surface area contributed by atoms with E-state index in [1.54, 1.807) is 0 Å². The van der Waals surface area contributed by atoms with E-state index in [2.05, 4.69) is 228 Å². The molecule has 3 heteroatoms. The summed E-state index contributed by atoms with van der Waals surface area (Å²) in [6, 6.07) is 80.0. The molecule has 0 unspecified atom stereocenters. The topological polar surface area (TPSA) is 8.17 Å². The highest BCUT2D eigenvalue weighted by Crippen LogP contribution is 2.48. The lowest BCUT2D eigenvalue weighted by Gasteiger charge is -2.27. The third kappa shape index (κ3) is 5.47. The fraction of sp³-hybridized carbons (Fsp3) is 0. The monoisotopic (exact) mass is 768 g/mol. The van der Waals surface area contributed by atoms with Crippen molar-refractivity contribution in [2.45, 2.75) is 0 Å². The fourth-order valence-electron chi connectivity index (χ4n) is 9.23. The standard InChI is InChI=1S/C56H36N2S/c1-2-18-42(19-3-1)57(43-31-28-39(29-32-43)45-24-12-16-37-14-4-6-20-44(37)45)54-36-41(35-50-48-23-9-11-27-55(48)59-56(50)54)40-30-33-53-49(34-40)47-22-8-10-25-52(47)58(53)51-26-13-17-38-15-5-7-21-46(38)51/h1-36H. The molecule has 10 aromatic carbocycles. The molecular formula is C56H36N2S. The number of hydrogen-bond acceptors (Lipinski definition) is 2. The van der Waals surface area contributed by atoms with Gasteiger partial charge in [0.05, 0.1) is 27.1 Å². The summed E-state index contributed by atoms with van der Waals surface area (Å²) in [4.78, 5) is 2.44. The van der Waals surface area contributed by atoms with Crippen LogP contribution in [-0.2, 0) is 0 Å². The minimum Gasteiger partial charge on any atom is -0.309 e. The predicted octanol–water partition coefficient (Wildman–Crippen LogP) is 16.3. The summed E-state index contributed by atoms with van der Waals surface area (Å²) < 4.78 is 5.00. The minimum absolute atomic E-state index is 1.12. The molecule has 276 valence electrons. The van der Waals surface area contributed by atoms with Crippen LogP contribution < -0.4 is 4.90 Å². The lowest BCUT2D eigenvalue weighted by Crippen LogP contribution is -2.10. The molecule has 0 fully saturated rings. The molecule has 0 aliphatic heterocycles. The number of para-hydroxylation sites is 2. The van der Waals surface area contributed by atoms with Gasteiger partial charge in [-0.05, 0) is 105 Å². The van der Waals surface area contributed by atoms with E-state index in [1.165, 1.54) is 97.2 Å². The Labute approximate surface area is 346 Å². The van der Waals surface area contributed by atoms with E-state index >= 15 is 0 Å². The summed E-state index contributed by atoms with van der Waals surface area (Å²) >= 11 is 1.87. The molecule has 0 aliphatic carbocycles. The van der Waals surface area contributed by atoms with Gasteiger partial charge in [0.2, 0.25) is 0 Å². The normalized spacial score (nSPS) is 11.7. The van der Waals surface area contributed by atoms with Crippen molar-refractivity contribution in [1.29, 1.82) is 0 Å². The Morgan fingerprint density at radius 1 is 0.356 bits per heavy atom. The number of aromatic nitrogens is 1. The van der Waals surface area contributed by atoms with Crippen LogP contribution in [0.3, 0.4) is 0 Å². The maximum absolute atomic E-state index is 2.44. The van der Waals surface area contributed by atoms with E-state index in [9.17, 15) is 0 Å². The third-order valence-electron chi connectivity index (χ3n) is 12.0. The lowest BCUT2D eigenvalue weighted by molar-refractivity contribution is 1.20. The zero-order valence-electron chi connectivity index (χ0n) is 32.1. The Morgan fingerprint density at radius 3 is 1.78 bits per heavy atom. The highest BCUT2D eigenvalue weighted by molar-refractivity contribution is 7.26. The molecule has 0 N–H and O–H groups in total. The highest BCUT2D eigenvalue weighted by Gasteiger charge is 2.21. The van der Waals surface area contributed by atoms with Crippen LogP contribution in [0.5, 0.6) is 0 Å². The van der Waals surface area contributed by atoms with Crippen molar-refractivity contribution >= 4 is 91.9 Å². The quantitative estimate of drug-likeness (QED) is 0.164. The van der Waals surface area contributed by atoms with Gasteiger partial charge in [-0.3, -0.25) is 0 Å². The van der Waals surface area contributed by atoms with Crippen molar-refractivity contribution in [1.82, 2.24) is 4.57 Å². The maximum Gasteiger partial charge on any atom is 0.0646 e. The first-order valence-electron chi connectivity index (χ1n) is 20.2. The van der Waals surface area contributed by atoms with Gasteiger partial charge in [0, 0.05) is 43.0 Å². The molecule has 0 radical (unpaired) electrons. The summed E-state index contributed by atoms with van der Waals surface area (Å²) in [6.07, 6.45) is 0. The van der Waals surface area contributed by atoms with Crippen LogP contribution in [0, 0.1) is 0 Å². The third-order valence-corrected chi connectivity index (χ3v) is 13.2. The average molecular weight is 769 g/mol. The van der Waals surface area contributed by atoms with Crippen LogP contribution in [0.2, 0.25) is 0 Å². The number of hydrogen-bond donors (Lipinski definition) is 0. The molecule has 0 bridgehead atoms. The molecular weight excluding hydrogens is 733 g/mol. The second kappa shape index (κ2) is 13.6. The van der Waals surface area contributed by atoms with Crippen molar-refractivity contribution < 1.29 is 0 Å². The Bertz CT molecular complexity index is 3550. The molecule has 12 rings (SSSR count). The van der Waals surface area contributed by atoms with Crippen molar-refractivity contribution in [2.24, 2.45) is 0 Å². The molecule has 0 atom stereocenters.